The predicted molar refractivity (Wildman–Crippen MR) is 110 cm³/mol. The third-order valence-corrected chi connectivity index (χ3v) is 5.69. The molecule has 0 radical (unpaired) electrons. The van der Waals surface area contributed by atoms with Crippen molar-refractivity contribution in [1.29, 1.82) is 0 Å². The fraction of sp³-hybridized carbons (Fsp3) is 0.435. The molecule has 0 amide bonds. The Morgan fingerprint density at radius 2 is 1.83 bits per heavy atom. The average Bonchev–Trinajstić information content (AvgIpc) is 2.72. The van der Waals surface area contributed by atoms with Crippen molar-refractivity contribution < 1.29 is 28.6 Å². The van der Waals surface area contributed by atoms with E-state index in [0.29, 0.717) is 29.0 Å². The standard InChI is InChI=1S/C23H27NO6/c1-6-30-23(27)18-13(3)24-16-11-12(2)17(22(26)29-5)21(25)20(16)19(18)14-7-9-15(28-4)10-8-14/h7-10,12,17,19,24H,6,11H2,1-5H3/t12-,17-,19+/m1/s1. The third-order valence-electron chi connectivity index (χ3n) is 5.69. The number of rotatable bonds is 5. The van der Waals surface area contributed by atoms with E-state index in [0.717, 1.165) is 11.3 Å². The van der Waals surface area contributed by atoms with E-state index in [1.165, 1.54) is 7.11 Å². The molecule has 1 aromatic carbocycles. The van der Waals surface area contributed by atoms with Crippen LogP contribution >= 0.6 is 0 Å². The summed E-state index contributed by atoms with van der Waals surface area (Å²) in [6.45, 7) is 5.60. The van der Waals surface area contributed by atoms with Crippen LogP contribution in [0.3, 0.4) is 0 Å². The van der Waals surface area contributed by atoms with E-state index in [1.807, 2.05) is 19.1 Å². The first kappa shape index (κ1) is 21.6. The molecule has 30 heavy (non-hydrogen) atoms. The Hall–Kier alpha value is -3.09. The summed E-state index contributed by atoms with van der Waals surface area (Å²) in [4.78, 5) is 38.7. The summed E-state index contributed by atoms with van der Waals surface area (Å²) in [5.74, 6) is -2.47. The van der Waals surface area contributed by atoms with Gasteiger partial charge in [0.2, 0.25) is 0 Å². The Balaban J connectivity index is 2.17. The molecule has 1 aliphatic heterocycles. The van der Waals surface area contributed by atoms with Crippen molar-refractivity contribution in [2.75, 3.05) is 20.8 Å². The number of carbonyl (C=O) groups excluding carboxylic acids is 3. The van der Waals surface area contributed by atoms with Gasteiger partial charge in [0.25, 0.3) is 0 Å². The highest BCUT2D eigenvalue weighted by molar-refractivity contribution is 6.12. The molecule has 1 heterocycles. The van der Waals surface area contributed by atoms with Gasteiger partial charge in [-0.1, -0.05) is 19.1 Å². The maximum absolute atomic E-state index is 13.5. The Morgan fingerprint density at radius 3 is 2.40 bits per heavy atom. The second-order valence-corrected chi connectivity index (χ2v) is 7.53. The molecule has 1 N–H and O–H groups in total. The molecule has 7 heteroatoms. The maximum Gasteiger partial charge on any atom is 0.336 e. The molecule has 0 fully saturated rings. The number of hydrogen-bond acceptors (Lipinski definition) is 7. The van der Waals surface area contributed by atoms with Crippen molar-refractivity contribution >= 4 is 17.7 Å². The number of benzene rings is 1. The molecule has 0 saturated heterocycles. The van der Waals surface area contributed by atoms with Crippen LogP contribution in [-0.4, -0.2) is 38.5 Å². The van der Waals surface area contributed by atoms with Gasteiger partial charge in [-0.15, -0.1) is 0 Å². The molecule has 0 bridgehead atoms. The number of allylic oxidation sites excluding steroid dienone is 3. The number of ketones is 1. The first-order chi connectivity index (χ1) is 14.3. The third kappa shape index (κ3) is 3.72. The van der Waals surface area contributed by atoms with Gasteiger partial charge in [-0.25, -0.2) is 4.79 Å². The summed E-state index contributed by atoms with van der Waals surface area (Å²) in [5, 5.41) is 3.23. The van der Waals surface area contributed by atoms with Crippen LogP contribution in [0.15, 0.2) is 46.8 Å². The molecule has 160 valence electrons. The molecule has 3 rings (SSSR count). The van der Waals surface area contributed by atoms with Crippen LogP contribution in [0, 0.1) is 11.8 Å². The summed E-state index contributed by atoms with van der Waals surface area (Å²) in [5.41, 5.74) is 2.91. The minimum atomic E-state index is -0.904. The van der Waals surface area contributed by atoms with Gasteiger partial charge >= 0.3 is 11.9 Å². The van der Waals surface area contributed by atoms with E-state index in [1.54, 1.807) is 33.1 Å². The number of carbonyl (C=O) groups is 3. The van der Waals surface area contributed by atoms with Crippen molar-refractivity contribution in [3.63, 3.8) is 0 Å². The Bertz CT molecular complexity index is 928. The molecule has 1 aliphatic carbocycles. The van der Waals surface area contributed by atoms with Gasteiger partial charge in [-0.3, -0.25) is 9.59 Å². The topological polar surface area (TPSA) is 90.9 Å². The SMILES string of the molecule is CCOC(=O)C1=C(C)NC2=C(C(=O)[C@H](C(=O)OC)[C@H](C)C2)[C@H]1c1ccc(OC)cc1. The highest BCUT2D eigenvalue weighted by Crippen LogP contribution is 2.45. The second-order valence-electron chi connectivity index (χ2n) is 7.53. The van der Waals surface area contributed by atoms with Crippen molar-refractivity contribution in [1.82, 2.24) is 5.32 Å². The number of nitrogens with one attached hydrogen (secondary N) is 1. The van der Waals surface area contributed by atoms with Gasteiger partial charge in [0, 0.05) is 22.9 Å². The Kier molecular flexibility index (Phi) is 6.29. The van der Waals surface area contributed by atoms with Gasteiger partial charge in [0.1, 0.15) is 11.7 Å². The van der Waals surface area contributed by atoms with Crippen molar-refractivity contribution in [2.24, 2.45) is 11.8 Å². The van der Waals surface area contributed by atoms with Crippen LogP contribution in [0.1, 0.15) is 38.7 Å². The highest BCUT2D eigenvalue weighted by atomic mass is 16.5. The number of dihydropyridines is 1. The monoisotopic (exact) mass is 413 g/mol. The van der Waals surface area contributed by atoms with Crippen LogP contribution in [0.4, 0.5) is 0 Å². The Labute approximate surface area is 176 Å². The lowest BCUT2D eigenvalue weighted by atomic mass is 9.69. The summed E-state index contributed by atoms with van der Waals surface area (Å²) in [6, 6.07) is 7.21. The smallest absolute Gasteiger partial charge is 0.336 e. The highest BCUT2D eigenvalue weighted by Gasteiger charge is 2.47. The molecule has 3 atom stereocenters. The number of methoxy groups -OCH3 is 2. The summed E-state index contributed by atoms with van der Waals surface area (Å²) < 4.78 is 15.4. The fourth-order valence-corrected chi connectivity index (χ4v) is 4.29. The summed E-state index contributed by atoms with van der Waals surface area (Å²) >= 11 is 0. The molecule has 1 aromatic rings. The van der Waals surface area contributed by atoms with Gasteiger partial charge < -0.3 is 19.5 Å². The lowest BCUT2D eigenvalue weighted by Crippen LogP contribution is -2.43. The lowest BCUT2D eigenvalue weighted by molar-refractivity contribution is -0.151. The molecule has 0 saturated carbocycles. The van der Waals surface area contributed by atoms with E-state index in [-0.39, 0.29) is 18.3 Å². The molecule has 0 spiro atoms. The predicted octanol–water partition coefficient (Wildman–Crippen LogP) is 2.87. The molecular formula is C23H27NO6. The molecule has 7 nitrogen and oxygen atoms in total. The van der Waals surface area contributed by atoms with Crippen molar-refractivity contribution in [3.8, 4) is 5.75 Å². The Morgan fingerprint density at radius 1 is 1.17 bits per heavy atom. The lowest BCUT2D eigenvalue weighted by Gasteiger charge is -2.38. The minimum Gasteiger partial charge on any atom is -0.497 e. The first-order valence-corrected chi connectivity index (χ1v) is 9.97. The zero-order valence-electron chi connectivity index (χ0n) is 17.9. The fourth-order valence-electron chi connectivity index (χ4n) is 4.29. The zero-order valence-corrected chi connectivity index (χ0v) is 17.9. The molecular weight excluding hydrogens is 386 g/mol. The van der Waals surface area contributed by atoms with Crippen LogP contribution in [0.2, 0.25) is 0 Å². The van der Waals surface area contributed by atoms with Gasteiger partial charge in [-0.05, 0) is 43.9 Å². The van der Waals surface area contributed by atoms with E-state index in [4.69, 9.17) is 14.2 Å². The van der Waals surface area contributed by atoms with E-state index in [9.17, 15) is 14.4 Å². The van der Waals surface area contributed by atoms with Crippen LogP contribution < -0.4 is 10.1 Å². The average molecular weight is 413 g/mol. The van der Waals surface area contributed by atoms with Crippen LogP contribution in [-0.2, 0) is 23.9 Å². The van der Waals surface area contributed by atoms with E-state index in [2.05, 4.69) is 5.32 Å². The number of esters is 2. The normalized spacial score (nSPS) is 23.5. The quantitative estimate of drug-likeness (QED) is 0.586. The number of ether oxygens (including phenoxy) is 3. The summed E-state index contributed by atoms with van der Waals surface area (Å²) in [7, 11) is 2.85. The van der Waals surface area contributed by atoms with E-state index < -0.39 is 23.8 Å². The maximum atomic E-state index is 13.5. The van der Waals surface area contributed by atoms with Gasteiger partial charge in [-0.2, -0.15) is 0 Å². The van der Waals surface area contributed by atoms with Gasteiger partial charge in [0.15, 0.2) is 5.78 Å². The van der Waals surface area contributed by atoms with Crippen molar-refractivity contribution in [2.45, 2.75) is 33.1 Å². The second kappa shape index (κ2) is 8.73. The molecule has 0 aromatic heterocycles. The van der Waals surface area contributed by atoms with Gasteiger partial charge in [0.05, 0.1) is 26.4 Å². The number of hydrogen-bond donors (Lipinski definition) is 1. The minimum absolute atomic E-state index is 0.215. The van der Waals surface area contributed by atoms with E-state index >= 15 is 0 Å². The van der Waals surface area contributed by atoms with Crippen molar-refractivity contribution in [3.05, 3.63) is 52.4 Å². The zero-order chi connectivity index (χ0) is 22.0. The summed E-state index contributed by atoms with van der Waals surface area (Å²) in [6.07, 6.45) is 0.501. The number of Topliss-reactive ketones (excluding diaryl/α,β-unsaturated/α-hetero) is 1. The van der Waals surface area contributed by atoms with Crippen LogP contribution in [0.25, 0.3) is 0 Å². The largest absolute Gasteiger partial charge is 0.497 e. The first-order valence-electron chi connectivity index (χ1n) is 9.97. The van der Waals surface area contributed by atoms with Crippen LogP contribution in [0.5, 0.6) is 5.75 Å². The molecule has 0 unspecified atom stereocenters. The molecule has 2 aliphatic rings.